The Morgan fingerprint density at radius 1 is 0.909 bits per heavy atom. The van der Waals surface area contributed by atoms with Gasteiger partial charge in [0.2, 0.25) is 11.8 Å². The van der Waals surface area contributed by atoms with Crippen LogP contribution in [0.2, 0.25) is 0 Å². The maximum atomic E-state index is 13.4. The summed E-state index contributed by atoms with van der Waals surface area (Å²) in [6.07, 6.45) is 7.97. The third kappa shape index (κ3) is 6.20. The Morgan fingerprint density at radius 3 is 2.36 bits per heavy atom. The van der Waals surface area contributed by atoms with Gasteiger partial charge in [0.25, 0.3) is 0 Å². The van der Waals surface area contributed by atoms with Gasteiger partial charge in [-0.1, -0.05) is 37.1 Å². The number of rotatable bonds is 3. The van der Waals surface area contributed by atoms with Crippen LogP contribution in [-0.2, 0) is 22.7 Å². The molecule has 2 aliphatic rings. The van der Waals surface area contributed by atoms with Crippen LogP contribution in [0.3, 0.4) is 0 Å². The lowest BCUT2D eigenvalue weighted by atomic mass is 10.0. The second-order valence-corrected chi connectivity index (χ2v) is 9.34. The van der Waals surface area contributed by atoms with E-state index in [1.165, 1.54) is 0 Å². The quantitative estimate of drug-likeness (QED) is 0.704. The van der Waals surface area contributed by atoms with E-state index in [0.717, 1.165) is 81.6 Å². The van der Waals surface area contributed by atoms with Crippen molar-refractivity contribution in [2.24, 2.45) is 5.92 Å². The fourth-order valence-corrected chi connectivity index (χ4v) is 5.19. The number of amides is 2. The Hall–Kier alpha value is -2.73. The molecule has 2 heterocycles. The number of carbonyl (C=O) groups excluding carboxylic acids is 2. The summed E-state index contributed by atoms with van der Waals surface area (Å²) in [6, 6.07) is 14.1. The zero-order chi connectivity index (χ0) is 23.0. The number of para-hydroxylation sites is 1. The summed E-state index contributed by atoms with van der Waals surface area (Å²) in [5.41, 5.74) is 3.05. The maximum absolute atomic E-state index is 13.4. The van der Waals surface area contributed by atoms with Gasteiger partial charge in [0.15, 0.2) is 0 Å². The predicted octanol–water partition coefficient (Wildman–Crippen LogP) is 4.25. The number of aromatic nitrogens is 1. The lowest BCUT2D eigenvalue weighted by molar-refractivity contribution is -0.136. The van der Waals surface area contributed by atoms with E-state index < -0.39 is 0 Å². The van der Waals surface area contributed by atoms with Crippen molar-refractivity contribution in [3.63, 3.8) is 0 Å². The first-order valence-electron chi connectivity index (χ1n) is 12.4. The zero-order valence-electron chi connectivity index (χ0n) is 19.8. The molecular formula is C27H36N4O2. The standard InChI is InChI=1S/C27H36N4O2/c1-22(32)31-19-9-17-29(21-25-13-6-7-15-28-25)16-8-18-30(27(33)23-10-2-3-11-23)20-24-12-4-5-14-26(24)31/h4-7,12-15,23H,2-3,8-11,16-21H2,1H3. The van der Waals surface area contributed by atoms with Crippen molar-refractivity contribution in [2.75, 3.05) is 31.1 Å². The SMILES string of the molecule is CC(=O)N1CCCN(Cc2ccccn2)CCCN(C(=O)C2CCCC2)Cc2ccccc21. The number of hydrogen-bond donors (Lipinski definition) is 0. The van der Waals surface area contributed by atoms with E-state index in [-0.39, 0.29) is 17.7 Å². The highest BCUT2D eigenvalue weighted by Crippen LogP contribution is 2.29. The number of fused-ring (bicyclic) bond motifs is 1. The normalized spacial score (nSPS) is 18.9. The van der Waals surface area contributed by atoms with Crippen LogP contribution in [0.25, 0.3) is 0 Å². The average Bonchev–Trinajstić information content (AvgIpc) is 3.36. The number of nitrogens with zero attached hydrogens (tertiary/aromatic N) is 4. The van der Waals surface area contributed by atoms with Crippen molar-refractivity contribution in [2.45, 2.75) is 58.5 Å². The van der Waals surface area contributed by atoms with Crippen molar-refractivity contribution in [1.82, 2.24) is 14.8 Å². The van der Waals surface area contributed by atoms with E-state index in [1.807, 2.05) is 46.3 Å². The summed E-state index contributed by atoms with van der Waals surface area (Å²) in [5, 5.41) is 0. The molecule has 0 bridgehead atoms. The van der Waals surface area contributed by atoms with Gasteiger partial charge >= 0.3 is 0 Å². The van der Waals surface area contributed by atoms with Crippen molar-refractivity contribution in [3.05, 3.63) is 59.9 Å². The average molecular weight is 449 g/mol. The molecule has 1 aromatic heterocycles. The number of carbonyl (C=O) groups is 2. The third-order valence-corrected chi connectivity index (χ3v) is 6.91. The Morgan fingerprint density at radius 2 is 1.64 bits per heavy atom. The second kappa shape index (κ2) is 11.4. The lowest BCUT2D eigenvalue weighted by Crippen LogP contribution is -2.40. The highest BCUT2D eigenvalue weighted by Gasteiger charge is 2.28. The van der Waals surface area contributed by atoms with E-state index in [2.05, 4.69) is 22.0 Å². The molecule has 6 heteroatoms. The highest BCUT2D eigenvalue weighted by molar-refractivity contribution is 5.92. The molecule has 0 saturated heterocycles. The van der Waals surface area contributed by atoms with Gasteiger partial charge in [-0.05, 0) is 49.4 Å². The Balaban J connectivity index is 1.58. The van der Waals surface area contributed by atoms with E-state index in [9.17, 15) is 9.59 Å². The minimum absolute atomic E-state index is 0.0458. The smallest absolute Gasteiger partial charge is 0.225 e. The maximum Gasteiger partial charge on any atom is 0.225 e. The van der Waals surface area contributed by atoms with Crippen LogP contribution in [0.4, 0.5) is 5.69 Å². The largest absolute Gasteiger partial charge is 0.338 e. The van der Waals surface area contributed by atoms with Crippen molar-refractivity contribution in [3.8, 4) is 0 Å². The fraction of sp³-hybridized carbons (Fsp3) is 0.519. The van der Waals surface area contributed by atoms with Crippen LogP contribution in [0.1, 0.15) is 56.7 Å². The van der Waals surface area contributed by atoms with E-state index >= 15 is 0 Å². The van der Waals surface area contributed by atoms with Crippen LogP contribution < -0.4 is 4.90 Å². The molecule has 1 aromatic carbocycles. The van der Waals surface area contributed by atoms with Crippen LogP contribution in [0, 0.1) is 5.92 Å². The zero-order valence-corrected chi connectivity index (χ0v) is 19.8. The molecule has 6 nitrogen and oxygen atoms in total. The summed E-state index contributed by atoms with van der Waals surface area (Å²) < 4.78 is 0. The van der Waals surface area contributed by atoms with E-state index in [0.29, 0.717) is 13.1 Å². The number of anilines is 1. The molecule has 4 rings (SSSR count). The molecule has 0 unspecified atom stereocenters. The topological polar surface area (TPSA) is 56.8 Å². The van der Waals surface area contributed by atoms with Crippen LogP contribution in [0.15, 0.2) is 48.7 Å². The van der Waals surface area contributed by atoms with Crippen molar-refractivity contribution in [1.29, 1.82) is 0 Å². The van der Waals surface area contributed by atoms with Crippen LogP contribution in [-0.4, -0.2) is 52.8 Å². The molecule has 2 aromatic rings. The molecule has 0 radical (unpaired) electrons. The van der Waals surface area contributed by atoms with Gasteiger partial charge < -0.3 is 9.80 Å². The number of pyridine rings is 1. The van der Waals surface area contributed by atoms with Gasteiger partial charge in [0.1, 0.15) is 0 Å². The minimum Gasteiger partial charge on any atom is -0.338 e. The van der Waals surface area contributed by atoms with Gasteiger partial charge in [-0.3, -0.25) is 19.5 Å². The summed E-state index contributed by atoms with van der Waals surface area (Å²) in [7, 11) is 0. The summed E-state index contributed by atoms with van der Waals surface area (Å²) in [5.74, 6) is 0.480. The molecule has 176 valence electrons. The Kier molecular flexibility index (Phi) is 8.10. The molecule has 1 fully saturated rings. The fourth-order valence-electron chi connectivity index (χ4n) is 5.19. The van der Waals surface area contributed by atoms with E-state index in [4.69, 9.17) is 0 Å². The van der Waals surface area contributed by atoms with Gasteiger partial charge in [-0.15, -0.1) is 0 Å². The van der Waals surface area contributed by atoms with Gasteiger partial charge in [-0.25, -0.2) is 0 Å². The second-order valence-electron chi connectivity index (χ2n) is 9.34. The van der Waals surface area contributed by atoms with Gasteiger partial charge in [-0.2, -0.15) is 0 Å². The molecule has 33 heavy (non-hydrogen) atoms. The predicted molar refractivity (Wildman–Crippen MR) is 131 cm³/mol. The lowest BCUT2D eigenvalue weighted by Gasteiger charge is -2.32. The first-order valence-corrected chi connectivity index (χ1v) is 12.4. The van der Waals surface area contributed by atoms with Crippen molar-refractivity contribution >= 4 is 17.5 Å². The third-order valence-electron chi connectivity index (χ3n) is 6.91. The van der Waals surface area contributed by atoms with Crippen molar-refractivity contribution < 1.29 is 9.59 Å². The Labute approximate surface area is 197 Å². The molecule has 0 N–H and O–H groups in total. The van der Waals surface area contributed by atoms with Gasteiger partial charge in [0, 0.05) is 64.0 Å². The summed E-state index contributed by atoms with van der Waals surface area (Å²) in [4.78, 5) is 36.9. The highest BCUT2D eigenvalue weighted by atomic mass is 16.2. The Bertz CT molecular complexity index is 927. The molecule has 1 aliphatic carbocycles. The monoisotopic (exact) mass is 448 g/mol. The molecule has 0 spiro atoms. The molecular weight excluding hydrogens is 412 g/mol. The van der Waals surface area contributed by atoms with E-state index in [1.54, 1.807) is 6.92 Å². The first-order chi connectivity index (χ1) is 16.1. The molecule has 0 atom stereocenters. The summed E-state index contributed by atoms with van der Waals surface area (Å²) >= 11 is 0. The van der Waals surface area contributed by atoms with Crippen LogP contribution >= 0.6 is 0 Å². The first kappa shape index (κ1) is 23.4. The minimum atomic E-state index is 0.0458. The number of hydrogen-bond acceptors (Lipinski definition) is 4. The summed E-state index contributed by atoms with van der Waals surface area (Å²) in [6.45, 7) is 6.19. The molecule has 1 aliphatic heterocycles. The van der Waals surface area contributed by atoms with Crippen LogP contribution in [0.5, 0.6) is 0 Å². The molecule has 1 saturated carbocycles. The van der Waals surface area contributed by atoms with Gasteiger partial charge in [0.05, 0.1) is 5.69 Å². The number of benzene rings is 1. The molecule has 2 amide bonds.